The molecule has 2 fully saturated rings. The van der Waals surface area contributed by atoms with Gasteiger partial charge in [-0.3, -0.25) is 29.3 Å². The molecule has 0 radical (unpaired) electrons. The summed E-state index contributed by atoms with van der Waals surface area (Å²) in [5.41, 5.74) is -3.26. The van der Waals surface area contributed by atoms with E-state index < -0.39 is 88.2 Å². The van der Waals surface area contributed by atoms with Crippen LogP contribution in [0.5, 0.6) is 0 Å². The Morgan fingerprint density at radius 3 is 2.41 bits per heavy atom. The number of carbonyl (C=O) groups is 5. The van der Waals surface area contributed by atoms with Crippen molar-refractivity contribution in [2.45, 2.75) is 70.7 Å². The number of hydrogen-bond acceptors (Lipinski definition) is 9. The van der Waals surface area contributed by atoms with Crippen LogP contribution in [0.15, 0.2) is 36.0 Å². The number of unbranched alkanes of at least 4 members (excludes halogenated alkanes) is 2. The van der Waals surface area contributed by atoms with Gasteiger partial charge in [0.05, 0.1) is 36.7 Å². The Labute approximate surface area is 228 Å². The van der Waals surface area contributed by atoms with E-state index in [1.807, 2.05) is 6.92 Å². The molecule has 1 aliphatic heterocycles. The summed E-state index contributed by atoms with van der Waals surface area (Å²) < 4.78 is 4.81. The van der Waals surface area contributed by atoms with Gasteiger partial charge in [-0.2, -0.15) is 0 Å². The van der Waals surface area contributed by atoms with E-state index in [4.69, 9.17) is 4.74 Å². The molecule has 3 aliphatic rings. The quantitative estimate of drug-likeness (QED) is 0.0744. The molecule has 4 N–H and O–H groups in total. The maximum absolute atomic E-state index is 14.3. The smallest absolute Gasteiger partial charge is 0.311 e. The van der Waals surface area contributed by atoms with Gasteiger partial charge in [0.25, 0.3) is 11.8 Å². The maximum Gasteiger partial charge on any atom is 0.311 e. The molecule has 2 saturated carbocycles. The largest absolute Gasteiger partial charge is 0.469 e. The number of aliphatic hydroxyl groups is 3. The lowest BCUT2D eigenvalue weighted by atomic mass is 9.64. The number of ether oxygens (including phenoxy) is 1. The number of allylic oxidation sites excluding steroid dienone is 2. The third kappa shape index (κ3) is 5.05. The number of rotatable bonds is 11. The highest BCUT2D eigenvalue weighted by atomic mass is 16.5. The van der Waals surface area contributed by atoms with E-state index in [0.717, 1.165) is 26.0 Å². The van der Waals surface area contributed by atoms with Crippen LogP contribution in [0.2, 0.25) is 0 Å². The summed E-state index contributed by atoms with van der Waals surface area (Å²) in [4.78, 5) is 65.9. The first-order chi connectivity index (χ1) is 18.4. The molecule has 0 saturated heterocycles. The summed E-state index contributed by atoms with van der Waals surface area (Å²) in [6.45, 7) is 9.00. The van der Waals surface area contributed by atoms with Crippen LogP contribution >= 0.6 is 0 Å². The number of hydrogen-bond donors (Lipinski definition) is 4. The number of esters is 1. The van der Waals surface area contributed by atoms with E-state index in [1.54, 1.807) is 6.92 Å². The molecule has 9 unspecified atom stereocenters. The predicted octanol–water partition coefficient (Wildman–Crippen LogP) is 1.18. The number of imide groups is 1. The van der Waals surface area contributed by atoms with Crippen molar-refractivity contribution in [2.24, 2.45) is 35.5 Å². The van der Waals surface area contributed by atoms with Crippen molar-refractivity contribution < 1.29 is 44.0 Å². The van der Waals surface area contributed by atoms with Crippen molar-refractivity contribution >= 4 is 29.4 Å². The van der Waals surface area contributed by atoms with Gasteiger partial charge in [-0.05, 0) is 37.7 Å². The number of carbonyl (C=O) groups excluding carboxylic acids is 5. The lowest BCUT2D eigenvalue weighted by Crippen LogP contribution is -2.54. The van der Waals surface area contributed by atoms with Gasteiger partial charge in [0.15, 0.2) is 17.2 Å². The second-order valence-electron chi connectivity index (χ2n) is 10.9. The van der Waals surface area contributed by atoms with Crippen molar-refractivity contribution in [3.05, 3.63) is 36.0 Å². The Balaban J connectivity index is 2.20. The number of methoxy groups -OCH3 is 1. The number of amides is 2. The van der Waals surface area contributed by atoms with Gasteiger partial charge >= 0.3 is 5.97 Å². The van der Waals surface area contributed by atoms with Crippen LogP contribution in [0.25, 0.3) is 0 Å². The zero-order valence-corrected chi connectivity index (χ0v) is 22.9. The van der Waals surface area contributed by atoms with Crippen LogP contribution in [0, 0.1) is 35.5 Å². The molecule has 2 amide bonds. The average molecular weight is 546 g/mol. The molecule has 2 aliphatic carbocycles. The fraction of sp³-hybridized carbons (Fsp3) is 0.621. The third-order valence-corrected chi connectivity index (χ3v) is 8.70. The summed E-state index contributed by atoms with van der Waals surface area (Å²) in [7, 11) is 1.16. The molecule has 214 valence electrons. The van der Waals surface area contributed by atoms with Crippen LogP contribution in [0.3, 0.4) is 0 Å². The molecule has 9 atom stereocenters. The van der Waals surface area contributed by atoms with Crippen molar-refractivity contribution in [2.75, 3.05) is 7.11 Å². The van der Waals surface area contributed by atoms with Gasteiger partial charge < -0.3 is 20.1 Å². The molecule has 10 nitrogen and oxygen atoms in total. The molecule has 10 heteroatoms. The zero-order chi connectivity index (χ0) is 29.2. The summed E-state index contributed by atoms with van der Waals surface area (Å²) in [6.07, 6.45) is 3.40. The molecule has 1 heterocycles. The second kappa shape index (κ2) is 12.1. The highest BCUT2D eigenvalue weighted by molar-refractivity contribution is 6.33. The second-order valence-corrected chi connectivity index (χ2v) is 10.9. The lowest BCUT2D eigenvalue weighted by molar-refractivity contribution is -0.162. The Bertz CT molecular complexity index is 1110. The van der Waals surface area contributed by atoms with E-state index in [1.165, 1.54) is 19.1 Å². The van der Waals surface area contributed by atoms with E-state index in [-0.39, 0.29) is 12.0 Å². The number of nitrogens with one attached hydrogen (secondary N) is 1. The first-order valence-corrected chi connectivity index (χ1v) is 13.5. The van der Waals surface area contributed by atoms with Crippen molar-refractivity contribution in [1.29, 1.82) is 0 Å². The van der Waals surface area contributed by atoms with Crippen molar-refractivity contribution in [3.63, 3.8) is 0 Å². The van der Waals surface area contributed by atoms with Crippen molar-refractivity contribution in [1.82, 2.24) is 5.32 Å². The Kier molecular flexibility index (Phi) is 9.46. The number of Topliss-reactive ketones (excluding diaryl/α,β-unsaturated/α-hetero) is 1. The van der Waals surface area contributed by atoms with Gasteiger partial charge in [-0.15, -0.1) is 6.58 Å². The molecule has 0 aromatic carbocycles. The van der Waals surface area contributed by atoms with E-state index in [9.17, 15) is 39.3 Å². The summed E-state index contributed by atoms with van der Waals surface area (Å²) in [6, 6.07) is 0. The molecular weight excluding hydrogens is 506 g/mol. The normalized spacial score (nSPS) is 35.1. The lowest BCUT2D eigenvalue weighted by Gasteiger charge is -2.41. The summed E-state index contributed by atoms with van der Waals surface area (Å²) in [5, 5.41) is 36.6. The molecule has 3 rings (SSSR count). The minimum Gasteiger partial charge on any atom is -0.469 e. The standard InChI is InChI=1S/C29H39NO9/c1-6-9-10-12-15(8-3)19-21(27(36)30-26(19)35)24(33)22-18-14(4)13-16(28(37)39-5)23(32)20(18)25(34)29(22,38)17(31)11-7-2/h7-8,11,14-16,18,20,22-23,25,32,34,38H,3,6,9-10,12-13H2,1-2,4-5H3,(H,30,35,36)/b11-7+. The number of fused-ring (bicyclic) bond motifs is 1. The number of aliphatic hydroxyl groups excluding tert-OH is 2. The van der Waals surface area contributed by atoms with Gasteiger partial charge in [0.1, 0.15) is 0 Å². The minimum atomic E-state index is -2.71. The fourth-order valence-corrected chi connectivity index (χ4v) is 6.85. The third-order valence-electron chi connectivity index (χ3n) is 8.70. The van der Waals surface area contributed by atoms with E-state index in [0.29, 0.717) is 12.8 Å². The predicted molar refractivity (Wildman–Crippen MR) is 140 cm³/mol. The van der Waals surface area contributed by atoms with Gasteiger partial charge in [0, 0.05) is 17.4 Å². The number of ketones is 2. The molecule has 0 bridgehead atoms. The monoisotopic (exact) mass is 545 g/mol. The van der Waals surface area contributed by atoms with Gasteiger partial charge in [-0.25, -0.2) is 0 Å². The summed E-state index contributed by atoms with van der Waals surface area (Å²) >= 11 is 0. The average Bonchev–Trinajstić information content (AvgIpc) is 3.33. The highest BCUT2D eigenvalue weighted by Crippen LogP contribution is 2.56. The van der Waals surface area contributed by atoms with Crippen molar-refractivity contribution in [3.8, 4) is 0 Å². The molecule has 0 aromatic rings. The Morgan fingerprint density at radius 1 is 1.18 bits per heavy atom. The fourth-order valence-electron chi connectivity index (χ4n) is 6.85. The topological polar surface area (TPSA) is 167 Å². The van der Waals surface area contributed by atoms with E-state index >= 15 is 0 Å². The maximum atomic E-state index is 14.3. The van der Waals surface area contributed by atoms with Crippen LogP contribution in [0.4, 0.5) is 0 Å². The molecular formula is C29H39NO9. The minimum absolute atomic E-state index is 0.0583. The molecule has 39 heavy (non-hydrogen) atoms. The first kappa shape index (κ1) is 30.6. The van der Waals surface area contributed by atoms with Gasteiger partial charge in [0.2, 0.25) is 0 Å². The van der Waals surface area contributed by atoms with Gasteiger partial charge in [-0.1, -0.05) is 45.3 Å². The SMILES string of the molecule is C=CC(CCCCC)C1=C(C(=O)C2C3C(C)CC(C(=O)OC)C(O)C3C(O)C2(O)C(=O)/C=C/C)C(=O)NC1=O. The highest BCUT2D eigenvalue weighted by Gasteiger charge is 2.70. The van der Waals surface area contributed by atoms with E-state index in [2.05, 4.69) is 11.9 Å². The zero-order valence-electron chi connectivity index (χ0n) is 22.9. The first-order valence-electron chi connectivity index (χ1n) is 13.5. The Hall–Kier alpha value is -2.95. The van der Waals surface area contributed by atoms with Crippen LogP contribution in [0.1, 0.15) is 52.9 Å². The van der Waals surface area contributed by atoms with Crippen LogP contribution in [-0.4, -0.2) is 69.6 Å². The van der Waals surface area contributed by atoms with Crippen LogP contribution < -0.4 is 5.32 Å². The van der Waals surface area contributed by atoms with Crippen LogP contribution in [-0.2, 0) is 28.7 Å². The molecule has 0 spiro atoms. The Morgan fingerprint density at radius 2 is 1.85 bits per heavy atom. The molecule has 0 aromatic heterocycles. The summed E-state index contributed by atoms with van der Waals surface area (Å²) in [5.74, 6) is -10.5.